The molecule has 11 heteroatoms. The highest BCUT2D eigenvalue weighted by Gasteiger charge is 2.35. The Labute approximate surface area is 213 Å². The van der Waals surface area contributed by atoms with E-state index in [0.29, 0.717) is 32.6 Å². The fraction of sp³-hybridized carbons (Fsp3) is 0.120. The van der Waals surface area contributed by atoms with Gasteiger partial charge in [-0.2, -0.15) is 13.2 Å². The molecule has 0 radical (unpaired) electrons. The van der Waals surface area contributed by atoms with Crippen molar-refractivity contribution < 1.29 is 27.6 Å². The molecular formula is C25H17F3N2O4S2. The molecule has 1 aliphatic rings. The molecule has 1 heterocycles. The number of halogens is 3. The number of carbonyl (C=O) groups excluding carboxylic acids is 1. The van der Waals surface area contributed by atoms with Gasteiger partial charge in [0.25, 0.3) is 5.91 Å². The molecule has 4 rings (SSSR count). The number of thiocarbonyl (C=S) groups is 1. The van der Waals surface area contributed by atoms with Gasteiger partial charge in [0.15, 0.2) is 4.32 Å². The Hall–Kier alpha value is -3.70. The van der Waals surface area contributed by atoms with Crippen molar-refractivity contribution in [3.05, 3.63) is 97.9 Å². The Kier molecular flexibility index (Phi) is 6.87. The first kappa shape index (κ1) is 25.4. The Bertz CT molecular complexity index is 1440. The maximum Gasteiger partial charge on any atom is 0.416 e. The third kappa shape index (κ3) is 5.26. The molecule has 6 nitrogen and oxygen atoms in total. The lowest BCUT2D eigenvalue weighted by atomic mass is 10.1. The molecule has 0 aliphatic carbocycles. The standard InChI is InChI=1S/C25H17F3N2O4S2/c1-14-6-8-19(15(2)10-14)29-23(31)22(36-24(29)35)12-16-4-3-5-18(11-16)34-21-9-7-17(25(26,27)28)13-20(21)30(32)33/h3-13H,1-2H3/b22-12-. The number of rotatable bonds is 5. The highest BCUT2D eigenvalue weighted by atomic mass is 32.2. The molecule has 0 N–H and O–H groups in total. The average molecular weight is 531 g/mol. The van der Waals surface area contributed by atoms with Crippen molar-refractivity contribution in [1.82, 2.24) is 0 Å². The number of carbonyl (C=O) groups is 1. The molecule has 0 saturated carbocycles. The monoisotopic (exact) mass is 530 g/mol. The van der Waals surface area contributed by atoms with Crippen LogP contribution in [0.5, 0.6) is 11.5 Å². The highest BCUT2D eigenvalue weighted by Crippen LogP contribution is 2.39. The zero-order valence-electron chi connectivity index (χ0n) is 18.8. The minimum atomic E-state index is -4.73. The van der Waals surface area contributed by atoms with Crippen molar-refractivity contribution >= 4 is 51.7 Å². The van der Waals surface area contributed by atoms with E-state index in [9.17, 15) is 28.1 Å². The van der Waals surface area contributed by atoms with Crippen LogP contribution in [-0.2, 0) is 11.0 Å². The maximum atomic E-state index is 13.1. The van der Waals surface area contributed by atoms with Crippen LogP contribution in [0.2, 0.25) is 0 Å². The molecule has 184 valence electrons. The second-order valence-electron chi connectivity index (χ2n) is 7.92. The summed E-state index contributed by atoms with van der Waals surface area (Å²) in [6.45, 7) is 3.85. The minimum absolute atomic E-state index is 0.150. The van der Waals surface area contributed by atoms with Crippen LogP contribution in [0.15, 0.2) is 65.6 Å². The molecule has 0 atom stereocenters. The number of hydrogen-bond acceptors (Lipinski definition) is 6. The molecule has 3 aromatic rings. The summed E-state index contributed by atoms with van der Waals surface area (Å²) in [4.78, 5) is 25.4. The Balaban J connectivity index is 1.61. The van der Waals surface area contributed by atoms with E-state index in [1.54, 1.807) is 18.2 Å². The van der Waals surface area contributed by atoms with Crippen molar-refractivity contribution in [3.63, 3.8) is 0 Å². The molecule has 0 unspecified atom stereocenters. The molecule has 0 bridgehead atoms. The first-order valence-corrected chi connectivity index (χ1v) is 11.7. The molecular weight excluding hydrogens is 513 g/mol. The van der Waals surface area contributed by atoms with E-state index >= 15 is 0 Å². The largest absolute Gasteiger partial charge is 0.450 e. The predicted molar refractivity (Wildman–Crippen MR) is 136 cm³/mol. The van der Waals surface area contributed by atoms with E-state index in [0.717, 1.165) is 29.0 Å². The Morgan fingerprint density at radius 1 is 1.08 bits per heavy atom. The van der Waals surface area contributed by atoms with E-state index in [1.807, 2.05) is 32.0 Å². The van der Waals surface area contributed by atoms with E-state index in [-0.39, 0.29) is 17.4 Å². The number of benzene rings is 3. The summed E-state index contributed by atoms with van der Waals surface area (Å²) in [6, 6.07) is 14.0. The molecule has 0 spiro atoms. The number of ether oxygens (including phenoxy) is 1. The van der Waals surface area contributed by atoms with E-state index in [1.165, 1.54) is 17.0 Å². The molecule has 1 amide bonds. The van der Waals surface area contributed by atoms with Gasteiger partial charge < -0.3 is 4.74 Å². The lowest BCUT2D eigenvalue weighted by molar-refractivity contribution is -0.385. The minimum Gasteiger partial charge on any atom is -0.450 e. The zero-order chi connectivity index (χ0) is 26.2. The average Bonchev–Trinajstić information content (AvgIpc) is 3.06. The lowest BCUT2D eigenvalue weighted by Crippen LogP contribution is -2.28. The third-order valence-corrected chi connectivity index (χ3v) is 6.56. The van der Waals surface area contributed by atoms with Crippen LogP contribution in [0.25, 0.3) is 6.08 Å². The van der Waals surface area contributed by atoms with Crippen LogP contribution in [0.1, 0.15) is 22.3 Å². The summed E-state index contributed by atoms with van der Waals surface area (Å²) >= 11 is 6.57. The number of nitro benzene ring substituents is 1. The number of alkyl halides is 3. The molecule has 36 heavy (non-hydrogen) atoms. The number of anilines is 1. The van der Waals surface area contributed by atoms with Crippen LogP contribution < -0.4 is 9.64 Å². The fourth-order valence-corrected chi connectivity index (χ4v) is 4.89. The molecule has 1 saturated heterocycles. The molecule has 1 aliphatic heterocycles. The number of aryl methyl sites for hydroxylation is 2. The first-order chi connectivity index (χ1) is 16.9. The summed E-state index contributed by atoms with van der Waals surface area (Å²) < 4.78 is 44.8. The molecule has 0 aromatic heterocycles. The number of hydrogen-bond donors (Lipinski definition) is 0. The molecule has 1 fully saturated rings. The zero-order valence-corrected chi connectivity index (χ0v) is 20.5. The first-order valence-electron chi connectivity index (χ1n) is 10.4. The quantitative estimate of drug-likeness (QED) is 0.148. The van der Waals surface area contributed by atoms with Crippen molar-refractivity contribution in [2.45, 2.75) is 20.0 Å². The predicted octanol–water partition coefficient (Wildman–Crippen LogP) is 7.43. The van der Waals surface area contributed by atoms with E-state index in [2.05, 4.69) is 0 Å². The second kappa shape index (κ2) is 9.75. The van der Waals surface area contributed by atoms with Gasteiger partial charge in [0.1, 0.15) is 5.75 Å². The smallest absolute Gasteiger partial charge is 0.416 e. The van der Waals surface area contributed by atoms with Crippen molar-refractivity contribution in [2.24, 2.45) is 0 Å². The number of thioether (sulfide) groups is 1. The van der Waals surface area contributed by atoms with Gasteiger partial charge in [-0.25, -0.2) is 0 Å². The number of nitrogens with zero attached hydrogens (tertiary/aromatic N) is 2. The van der Waals surface area contributed by atoms with Gasteiger partial charge in [-0.15, -0.1) is 0 Å². The summed E-state index contributed by atoms with van der Waals surface area (Å²) in [5.41, 5.74) is 1.23. The summed E-state index contributed by atoms with van der Waals surface area (Å²) in [6.07, 6.45) is -3.12. The van der Waals surface area contributed by atoms with Crippen molar-refractivity contribution in [1.29, 1.82) is 0 Å². The summed E-state index contributed by atoms with van der Waals surface area (Å²) in [7, 11) is 0. The van der Waals surface area contributed by atoms with Gasteiger partial charge in [0.2, 0.25) is 5.75 Å². The van der Waals surface area contributed by atoms with Crippen LogP contribution in [0.3, 0.4) is 0 Å². The van der Waals surface area contributed by atoms with E-state index < -0.39 is 22.4 Å². The topological polar surface area (TPSA) is 72.7 Å². The van der Waals surface area contributed by atoms with Crippen LogP contribution in [0.4, 0.5) is 24.5 Å². The normalized spacial score (nSPS) is 15.0. The Morgan fingerprint density at radius 3 is 2.50 bits per heavy atom. The fourth-order valence-electron chi connectivity index (χ4n) is 3.60. The van der Waals surface area contributed by atoms with Crippen molar-refractivity contribution in [2.75, 3.05) is 4.90 Å². The molecule has 3 aromatic carbocycles. The third-order valence-electron chi connectivity index (χ3n) is 5.25. The van der Waals surface area contributed by atoms with Crippen LogP contribution in [0, 0.1) is 24.0 Å². The van der Waals surface area contributed by atoms with Gasteiger partial charge >= 0.3 is 11.9 Å². The van der Waals surface area contributed by atoms with Gasteiger partial charge in [0.05, 0.1) is 21.1 Å². The Morgan fingerprint density at radius 2 is 1.83 bits per heavy atom. The van der Waals surface area contributed by atoms with Gasteiger partial charge in [-0.05, 0) is 61.4 Å². The lowest BCUT2D eigenvalue weighted by Gasteiger charge is -2.17. The van der Waals surface area contributed by atoms with Gasteiger partial charge in [-0.3, -0.25) is 19.8 Å². The van der Waals surface area contributed by atoms with E-state index in [4.69, 9.17) is 17.0 Å². The van der Waals surface area contributed by atoms with Gasteiger partial charge in [-0.1, -0.05) is 53.8 Å². The summed E-state index contributed by atoms with van der Waals surface area (Å²) in [5, 5.41) is 11.3. The second-order valence-corrected chi connectivity index (χ2v) is 9.59. The van der Waals surface area contributed by atoms with Gasteiger partial charge in [0, 0.05) is 6.07 Å². The van der Waals surface area contributed by atoms with Crippen LogP contribution in [-0.4, -0.2) is 15.2 Å². The SMILES string of the molecule is Cc1ccc(N2C(=O)/C(=C/c3cccc(Oc4ccc(C(F)(F)F)cc4[N+](=O)[O-])c3)SC2=S)c(C)c1. The maximum absolute atomic E-state index is 13.1. The highest BCUT2D eigenvalue weighted by molar-refractivity contribution is 8.27. The van der Waals surface area contributed by atoms with Crippen LogP contribution >= 0.6 is 24.0 Å². The summed E-state index contributed by atoms with van der Waals surface area (Å²) in [5.74, 6) is -0.482. The number of nitro groups is 1. The van der Waals surface area contributed by atoms with Crippen molar-refractivity contribution in [3.8, 4) is 11.5 Å². The number of amides is 1.